The second-order valence-corrected chi connectivity index (χ2v) is 11.4. The molecular weight excluding hydrogens is 404 g/mol. The summed E-state index contributed by atoms with van der Waals surface area (Å²) in [5, 5.41) is 12.7. The van der Waals surface area contributed by atoms with Gasteiger partial charge in [0.25, 0.3) is 0 Å². The van der Waals surface area contributed by atoms with Gasteiger partial charge in [-0.2, -0.15) is 0 Å². The predicted molar refractivity (Wildman–Crippen MR) is 125 cm³/mol. The summed E-state index contributed by atoms with van der Waals surface area (Å²) in [7, 11) is 0. The number of carbonyl (C=O) groups is 1. The van der Waals surface area contributed by atoms with Gasteiger partial charge in [-0.25, -0.2) is 4.98 Å². The average Bonchev–Trinajstić information content (AvgIpc) is 3.43. The second kappa shape index (κ2) is 8.00. The van der Waals surface area contributed by atoms with Crippen molar-refractivity contribution in [3.05, 3.63) is 40.9 Å². The van der Waals surface area contributed by atoms with E-state index in [0.717, 1.165) is 50.2 Å². The largest absolute Gasteiger partial charge is 0.392 e. The highest BCUT2D eigenvalue weighted by Crippen LogP contribution is 2.57. The Bertz CT molecular complexity index is 952. The summed E-state index contributed by atoms with van der Waals surface area (Å²) in [6.07, 6.45) is 4.76. The van der Waals surface area contributed by atoms with Crippen LogP contribution < -0.4 is 0 Å². The van der Waals surface area contributed by atoms with Crippen molar-refractivity contribution < 1.29 is 9.90 Å². The highest BCUT2D eigenvalue weighted by molar-refractivity contribution is 7.15. The first-order chi connectivity index (χ1) is 14.9. The van der Waals surface area contributed by atoms with Crippen molar-refractivity contribution in [1.29, 1.82) is 0 Å². The lowest BCUT2D eigenvalue weighted by Crippen LogP contribution is -2.53. The Morgan fingerprint density at radius 2 is 1.97 bits per heavy atom. The van der Waals surface area contributed by atoms with Gasteiger partial charge >= 0.3 is 0 Å². The Morgan fingerprint density at radius 1 is 1.26 bits per heavy atom. The number of aromatic nitrogens is 1. The third kappa shape index (κ3) is 3.54. The maximum Gasteiger partial charge on any atom is 0.225 e. The van der Waals surface area contributed by atoms with Crippen molar-refractivity contribution in [3.63, 3.8) is 0 Å². The van der Waals surface area contributed by atoms with E-state index < -0.39 is 6.10 Å². The van der Waals surface area contributed by atoms with Gasteiger partial charge in [0.1, 0.15) is 5.01 Å². The summed E-state index contributed by atoms with van der Waals surface area (Å²) in [5.74, 6) is 0.533. The lowest BCUT2D eigenvalue weighted by atomic mass is 9.53. The van der Waals surface area contributed by atoms with Crippen LogP contribution in [0, 0.1) is 23.2 Å². The molecule has 0 unspecified atom stereocenters. The molecule has 166 valence electrons. The van der Waals surface area contributed by atoms with Crippen molar-refractivity contribution in [2.45, 2.75) is 64.9 Å². The van der Waals surface area contributed by atoms with Gasteiger partial charge in [-0.05, 0) is 49.4 Å². The lowest BCUT2D eigenvalue weighted by Gasteiger charge is -2.53. The lowest BCUT2D eigenvalue weighted by molar-refractivity contribution is -0.143. The number of hydrogen-bond donors (Lipinski definition) is 1. The fraction of sp³-hybridized carbons (Fsp3) is 0.615. The van der Waals surface area contributed by atoms with E-state index >= 15 is 0 Å². The molecule has 0 bridgehead atoms. The Kier molecular flexibility index (Phi) is 5.46. The van der Waals surface area contributed by atoms with Gasteiger partial charge in [0.15, 0.2) is 0 Å². The maximum atomic E-state index is 13.1. The van der Waals surface area contributed by atoms with E-state index in [1.807, 2.05) is 29.2 Å². The number of thiazole rings is 1. The number of carbonyl (C=O) groups excluding carboxylic acids is 1. The van der Waals surface area contributed by atoms with Gasteiger partial charge in [0.2, 0.25) is 5.91 Å². The van der Waals surface area contributed by atoms with Crippen LogP contribution in [0.15, 0.2) is 30.3 Å². The van der Waals surface area contributed by atoms with Crippen molar-refractivity contribution in [1.82, 2.24) is 9.88 Å². The number of likely N-dealkylation sites (tertiary alicyclic amines) is 1. The monoisotopic (exact) mass is 438 g/mol. The third-order valence-electron chi connectivity index (χ3n) is 8.39. The van der Waals surface area contributed by atoms with Crippen LogP contribution in [-0.4, -0.2) is 40.1 Å². The molecule has 1 saturated carbocycles. The van der Waals surface area contributed by atoms with E-state index in [-0.39, 0.29) is 35.0 Å². The van der Waals surface area contributed by atoms with Crippen molar-refractivity contribution >= 4 is 17.2 Å². The molecule has 2 heterocycles. The number of aliphatic hydroxyl groups is 1. The van der Waals surface area contributed by atoms with Crippen LogP contribution in [0.2, 0.25) is 0 Å². The number of hydrogen-bond acceptors (Lipinski definition) is 4. The van der Waals surface area contributed by atoms with E-state index in [2.05, 4.69) is 38.1 Å². The van der Waals surface area contributed by atoms with Gasteiger partial charge in [-0.1, -0.05) is 51.1 Å². The maximum absolute atomic E-state index is 13.1. The molecule has 1 N–H and O–H groups in total. The van der Waals surface area contributed by atoms with Gasteiger partial charge in [0.05, 0.1) is 11.8 Å². The molecule has 5 rings (SSSR count). The van der Waals surface area contributed by atoms with Crippen LogP contribution in [0.4, 0.5) is 0 Å². The molecule has 0 spiro atoms. The summed E-state index contributed by atoms with van der Waals surface area (Å²) >= 11 is 1.82. The van der Waals surface area contributed by atoms with Crippen LogP contribution in [0.25, 0.3) is 10.6 Å². The summed E-state index contributed by atoms with van der Waals surface area (Å²) in [5.41, 5.74) is 2.41. The Labute approximate surface area is 189 Å². The fourth-order valence-corrected chi connectivity index (χ4v) is 8.03. The standard InChI is InChI=1S/C26H34N2O2S/c1-16(25(30)28-13-7-8-14-28)19-11-12-26(3)15-20-22(17(2)21(26)23(19)29)27-24(31-20)18-9-5-4-6-10-18/h4-6,9-10,16-17,19,21,23,29H,7-8,11-15H2,1-3H3/t16-,17+,19-,21+,23-,26+/m0/s1. The minimum absolute atomic E-state index is 0.0439. The SMILES string of the molecule is C[C@H](C(=O)N1CCCC1)[C@@H]1CC[C@]2(C)Cc3sc(-c4ccccc4)nc3[C@H](C)[C@@H]2[C@H]1O. The topological polar surface area (TPSA) is 53.4 Å². The number of rotatable bonds is 3. The fourth-order valence-electron chi connectivity index (χ4n) is 6.66. The van der Waals surface area contributed by atoms with Crippen molar-refractivity contribution in [2.75, 3.05) is 13.1 Å². The van der Waals surface area contributed by atoms with Crippen molar-refractivity contribution in [2.24, 2.45) is 23.2 Å². The van der Waals surface area contributed by atoms with E-state index in [1.54, 1.807) is 0 Å². The third-order valence-corrected chi connectivity index (χ3v) is 9.51. The first kappa shape index (κ1) is 21.1. The van der Waals surface area contributed by atoms with Gasteiger partial charge < -0.3 is 10.0 Å². The molecule has 4 nitrogen and oxygen atoms in total. The molecule has 6 atom stereocenters. The van der Waals surface area contributed by atoms with Gasteiger partial charge in [-0.15, -0.1) is 11.3 Å². The Balaban J connectivity index is 1.42. The number of fused-ring (bicyclic) bond motifs is 2. The van der Waals surface area contributed by atoms with Gasteiger partial charge in [-0.3, -0.25) is 4.79 Å². The van der Waals surface area contributed by atoms with Crippen LogP contribution >= 0.6 is 11.3 Å². The van der Waals surface area contributed by atoms with Crippen molar-refractivity contribution in [3.8, 4) is 10.6 Å². The normalized spacial score (nSPS) is 33.6. The highest BCUT2D eigenvalue weighted by Gasteiger charge is 2.54. The summed E-state index contributed by atoms with van der Waals surface area (Å²) in [6.45, 7) is 8.41. The number of nitrogens with zero attached hydrogens (tertiary/aromatic N) is 2. The summed E-state index contributed by atoms with van der Waals surface area (Å²) < 4.78 is 0. The molecule has 2 fully saturated rings. The second-order valence-electron chi connectivity index (χ2n) is 10.4. The number of benzene rings is 1. The van der Waals surface area contributed by atoms with E-state index in [0.29, 0.717) is 0 Å². The first-order valence-electron chi connectivity index (χ1n) is 11.9. The molecule has 2 aliphatic carbocycles. The smallest absolute Gasteiger partial charge is 0.225 e. The molecule has 1 aliphatic heterocycles. The molecule has 31 heavy (non-hydrogen) atoms. The van der Waals surface area contributed by atoms with E-state index in [9.17, 15) is 9.90 Å². The molecule has 1 amide bonds. The highest BCUT2D eigenvalue weighted by atomic mass is 32.1. The number of aliphatic hydroxyl groups excluding tert-OH is 1. The van der Waals surface area contributed by atoms with Crippen LogP contribution in [0.3, 0.4) is 0 Å². The Morgan fingerprint density at radius 3 is 2.68 bits per heavy atom. The zero-order valence-corrected chi connectivity index (χ0v) is 19.7. The molecule has 5 heteroatoms. The van der Waals surface area contributed by atoms with E-state index in [4.69, 9.17) is 4.98 Å². The molecule has 1 saturated heterocycles. The molecule has 3 aliphatic rings. The van der Waals surface area contributed by atoms with Crippen LogP contribution in [0.5, 0.6) is 0 Å². The summed E-state index contributed by atoms with van der Waals surface area (Å²) in [6, 6.07) is 10.4. The van der Waals surface area contributed by atoms with Crippen LogP contribution in [-0.2, 0) is 11.2 Å². The van der Waals surface area contributed by atoms with Gasteiger partial charge in [0, 0.05) is 35.4 Å². The molecule has 0 radical (unpaired) electrons. The average molecular weight is 439 g/mol. The number of amides is 1. The molecular formula is C26H34N2O2S. The van der Waals surface area contributed by atoms with E-state index in [1.165, 1.54) is 16.1 Å². The predicted octanol–water partition coefficient (Wildman–Crippen LogP) is 5.12. The minimum atomic E-state index is -0.453. The summed E-state index contributed by atoms with van der Waals surface area (Å²) in [4.78, 5) is 21.5. The zero-order valence-electron chi connectivity index (χ0n) is 18.9. The quantitative estimate of drug-likeness (QED) is 0.723. The molecule has 2 aromatic rings. The minimum Gasteiger partial charge on any atom is -0.392 e. The Hall–Kier alpha value is -1.72. The van der Waals surface area contributed by atoms with Crippen LogP contribution in [0.1, 0.15) is 62.9 Å². The molecule has 1 aromatic heterocycles. The molecule has 1 aromatic carbocycles. The zero-order chi connectivity index (χ0) is 21.8. The first-order valence-corrected chi connectivity index (χ1v) is 12.7.